The summed E-state index contributed by atoms with van der Waals surface area (Å²) in [6.45, 7) is 5.36. The second-order valence-electron chi connectivity index (χ2n) is 5.42. The second-order valence-corrected chi connectivity index (χ2v) is 5.42. The number of hydrogen-bond donors (Lipinski definition) is 1. The third-order valence-electron chi connectivity index (χ3n) is 3.65. The molecule has 1 N–H and O–H groups in total. The molecular formula is C14H21N3. The standard InChI is InChI=1S/C14H21N3/c1-3-8-15-13-9(2)12(10-4-5-10)16-14(17-13)11-6-7-11/h10-11H,3-8H2,1-2H3,(H,15,16,17). The first-order chi connectivity index (χ1) is 8.29. The largest absolute Gasteiger partial charge is 0.370 e. The van der Waals surface area contributed by atoms with E-state index in [0.717, 1.165) is 30.5 Å². The Labute approximate surface area is 103 Å². The zero-order valence-electron chi connectivity index (χ0n) is 10.8. The Balaban J connectivity index is 1.93. The van der Waals surface area contributed by atoms with E-state index in [-0.39, 0.29) is 0 Å². The summed E-state index contributed by atoms with van der Waals surface area (Å²) in [6.07, 6.45) is 6.33. The molecule has 2 aliphatic carbocycles. The molecule has 3 nitrogen and oxygen atoms in total. The minimum atomic E-state index is 0.648. The minimum Gasteiger partial charge on any atom is -0.370 e. The predicted molar refractivity (Wildman–Crippen MR) is 69.5 cm³/mol. The molecule has 0 spiro atoms. The number of rotatable bonds is 5. The van der Waals surface area contributed by atoms with Crippen LogP contribution in [0.25, 0.3) is 0 Å². The molecule has 3 heteroatoms. The monoisotopic (exact) mass is 231 g/mol. The summed E-state index contributed by atoms with van der Waals surface area (Å²) >= 11 is 0. The van der Waals surface area contributed by atoms with Gasteiger partial charge in [0, 0.05) is 23.9 Å². The van der Waals surface area contributed by atoms with E-state index in [1.165, 1.54) is 36.9 Å². The summed E-state index contributed by atoms with van der Waals surface area (Å²) in [7, 11) is 0. The Morgan fingerprint density at radius 3 is 2.41 bits per heavy atom. The maximum Gasteiger partial charge on any atom is 0.134 e. The average Bonchev–Trinajstić information content (AvgIpc) is 3.18. The Bertz CT molecular complexity index is 420. The van der Waals surface area contributed by atoms with E-state index in [4.69, 9.17) is 9.97 Å². The number of nitrogens with zero attached hydrogens (tertiary/aromatic N) is 2. The molecule has 0 unspecified atom stereocenters. The summed E-state index contributed by atoms with van der Waals surface area (Å²) < 4.78 is 0. The van der Waals surface area contributed by atoms with E-state index >= 15 is 0 Å². The maximum atomic E-state index is 4.81. The van der Waals surface area contributed by atoms with Crippen molar-refractivity contribution in [3.8, 4) is 0 Å². The van der Waals surface area contributed by atoms with Crippen LogP contribution in [-0.2, 0) is 0 Å². The minimum absolute atomic E-state index is 0.648. The van der Waals surface area contributed by atoms with Gasteiger partial charge in [-0.15, -0.1) is 0 Å². The normalized spacial score (nSPS) is 19.4. The smallest absolute Gasteiger partial charge is 0.134 e. The predicted octanol–water partition coefficient (Wildman–Crippen LogP) is 3.36. The number of nitrogens with one attached hydrogen (secondary N) is 1. The van der Waals surface area contributed by atoms with Crippen molar-refractivity contribution in [1.82, 2.24) is 9.97 Å². The molecule has 3 rings (SSSR count). The van der Waals surface area contributed by atoms with Crippen LogP contribution in [0.1, 0.15) is 67.9 Å². The fraction of sp³-hybridized carbons (Fsp3) is 0.714. The van der Waals surface area contributed by atoms with Gasteiger partial charge >= 0.3 is 0 Å². The van der Waals surface area contributed by atoms with Gasteiger partial charge in [-0.05, 0) is 39.0 Å². The van der Waals surface area contributed by atoms with Gasteiger partial charge in [-0.1, -0.05) is 6.92 Å². The van der Waals surface area contributed by atoms with Crippen LogP contribution in [0, 0.1) is 6.92 Å². The third kappa shape index (κ3) is 2.28. The first-order valence-corrected chi connectivity index (χ1v) is 6.92. The van der Waals surface area contributed by atoms with E-state index in [1.807, 2.05) is 0 Å². The van der Waals surface area contributed by atoms with Crippen molar-refractivity contribution in [2.75, 3.05) is 11.9 Å². The number of anilines is 1. The highest BCUT2D eigenvalue weighted by Crippen LogP contribution is 2.44. The average molecular weight is 231 g/mol. The van der Waals surface area contributed by atoms with Gasteiger partial charge in [0.25, 0.3) is 0 Å². The second kappa shape index (κ2) is 4.28. The lowest BCUT2D eigenvalue weighted by molar-refractivity contribution is 0.851. The zero-order chi connectivity index (χ0) is 11.8. The van der Waals surface area contributed by atoms with Gasteiger partial charge in [-0.3, -0.25) is 0 Å². The van der Waals surface area contributed by atoms with Crippen LogP contribution in [0.15, 0.2) is 0 Å². The van der Waals surface area contributed by atoms with E-state index in [9.17, 15) is 0 Å². The summed E-state index contributed by atoms with van der Waals surface area (Å²) in [6, 6.07) is 0. The lowest BCUT2D eigenvalue weighted by Crippen LogP contribution is -2.09. The van der Waals surface area contributed by atoms with Crippen molar-refractivity contribution in [2.45, 2.75) is 57.8 Å². The first-order valence-electron chi connectivity index (χ1n) is 6.92. The molecule has 2 fully saturated rings. The molecule has 2 aliphatic rings. The first kappa shape index (κ1) is 11.0. The fourth-order valence-corrected chi connectivity index (χ4v) is 2.25. The summed E-state index contributed by atoms with van der Waals surface area (Å²) in [5, 5.41) is 3.46. The van der Waals surface area contributed by atoms with Crippen LogP contribution < -0.4 is 5.32 Å². The lowest BCUT2D eigenvalue weighted by atomic mass is 10.1. The topological polar surface area (TPSA) is 37.8 Å². The molecule has 0 aromatic carbocycles. The molecule has 2 saturated carbocycles. The van der Waals surface area contributed by atoms with Crippen molar-refractivity contribution in [1.29, 1.82) is 0 Å². The molecular weight excluding hydrogens is 210 g/mol. The number of aromatic nitrogens is 2. The van der Waals surface area contributed by atoms with Crippen molar-refractivity contribution in [3.05, 3.63) is 17.1 Å². The van der Waals surface area contributed by atoms with Gasteiger partial charge in [-0.25, -0.2) is 9.97 Å². The molecule has 0 saturated heterocycles. The van der Waals surface area contributed by atoms with Crippen LogP contribution in [0.5, 0.6) is 0 Å². The van der Waals surface area contributed by atoms with Crippen LogP contribution in [0.3, 0.4) is 0 Å². The molecule has 0 radical (unpaired) electrons. The van der Waals surface area contributed by atoms with Gasteiger partial charge in [0.05, 0.1) is 5.69 Å². The van der Waals surface area contributed by atoms with Crippen molar-refractivity contribution in [3.63, 3.8) is 0 Å². The Kier molecular flexibility index (Phi) is 2.77. The fourth-order valence-electron chi connectivity index (χ4n) is 2.25. The molecule has 1 heterocycles. The Hall–Kier alpha value is -1.12. The SMILES string of the molecule is CCCNc1nc(C2CC2)nc(C2CC2)c1C. The van der Waals surface area contributed by atoms with Gasteiger partial charge in [0.2, 0.25) is 0 Å². The summed E-state index contributed by atoms with van der Waals surface area (Å²) in [5.74, 6) is 3.55. The van der Waals surface area contributed by atoms with Crippen molar-refractivity contribution < 1.29 is 0 Å². The molecule has 17 heavy (non-hydrogen) atoms. The molecule has 92 valence electrons. The van der Waals surface area contributed by atoms with Crippen LogP contribution in [0.2, 0.25) is 0 Å². The third-order valence-corrected chi connectivity index (χ3v) is 3.65. The summed E-state index contributed by atoms with van der Waals surface area (Å²) in [5.41, 5.74) is 2.60. The van der Waals surface area contributed by atoms with Crippen LogP contribution in [0.4, 0.5) is 5.82 Å². The van der Waals surface area contributed by atoms with Crippen LogP contribution >= 0.6 is 0 Å². The van der Waals surface area contributed by atoms with Gasteiger partial charge in [0.15, 0.2) is 0 Å². The molecule has 0 amide bonds. The zero-order valence-corrected chi connectivity index (χ0v) is 10.8. The highest BCUT2D eigenvalue weighted by atomic mass is 15.0. The highest BCUT2D eigenvalue weighted by molar-refractivity contribution is 5.48. The Morgan fingerprint density at radius 2 is 1.82 bits per heavy atom. The molecule has 0 bridgehead atoms. The lowest BCUT2D eigenvalue weighted by Gasteiger charge is -2.13. The number of hydrogen-bond acceptors (Lipinski definition) is 3. The van der Waals surface area contributed by atoms with Gasteiger partial charge in [-0.2, -0.15) is 0 Å². The quantitative estimate of drug-likeness (QED) is 0.844. The van der Waals surface area contributed by atoms with Gasteiger partial charge in [0.1, 0.15) is 11.6 Å². The molecule has 1 aromatic heterocycles. The molecule has 1 aromatic rings. The maximum absolute atomic E-state index is 4.81. The van der Waals surface area contributed by atoms with E-state index in [0.29, 0.717) is 5.92 Å². The molecule has 0 aliphatic heterocycles. The summed E-state index contributed by atoms with van der Waals surface area (Å²) in [4.78, 5) is 9.53. The molecule has 0 atom stereocenters. The van der Waals surface area contributed by atoms with Gasteiger partial charge < -0.3 is 5.32 Å². The van der Waals surface area contributed by atoms with E-state index in [2.05, 4.69) is 19.2 Å². The van der Waals surface area contributed by atoms with E-state index < -0.39 is 0 Å². The van der Waals surface area contributed by atoms with Crippen LogP contribution in [-0.4, -0.2) is 16.5 Å². The Morgan fingerprint density at radius 1 is 1.12 bits per heavy atom. The van der Waals surface area contributed by atoms with E-state index in [1.54, 1.807) is 0 Å². The van der Waals surface area contributed by atoms with Crippen molar-refractivity contribution >= 4 is 5.82 Å². The highest BCUT2D eigenvalue weighted by Gasteiger charge is 2.32. The van der Waals surface area contributed by atoms with Crippen molar-refractivity contribution in [2.24, 2.45) is 0 Å².